The number of pyridine rings is 1. The number of anilines is 1. The summed E-state index contributed by atoms with van der Waals surface area (Å²) in [6, 6.07) is 10.9. The molecule has 0 bridgehead atoms. The number of piperazine rings is 1. The molecule has 0 N–H and O–H groups in total. The average Bonchev–Trinajstić information content (AvgIpc) is 2.84. The Morgan fingerprint density at radius 3 is 2.45 bits per heavy atom. The van der Waals surface area contributed by atoms with E-state index in [1.54, 1.807) is 42.4 Å². The van der Waals surface area contributed by atoms with Gasteiger partial charge < -0.3 is 9.80 Å². The van der Waals surface area contributed by atoms with Crippen molar-refractivity contribution in [2.45, 2.75) is 19.1 Å². The van der Waals surface area contributed by atoms with Crippen LogP contribution in [0.1, 0.15) is 18.5 Å². The Balaban J connectivity index is 1.46. The van der Waals surface area contributed by atoms with Gasteiger partial charge in [0.2, 0.25) is 5.91 Å². The molecule has 1 unspecified atom stereocenters. The number of hydrogen-bond donors (Lipinski definition) is 0. The molecule has 7 nitrogen and oxygen atoms in total. The summed E-state index contributed by atoms with van der Waals surface area (Å²) >= 11 is 0. The van der Waals surface area contributed by atoms with Crippen molar-refractivity contribution in [2.24, 2.45) is 0 Å². The van der Waals surface area contributed by atoms with Crippen LogP contribution in [0.4, 0.5) is 18.9 Å². The molecule has 1 fully saturated rings. The molecular formula is C23H22F3N5O2. The molecule has 3 aromatic rings. The number of alkyl halides is 3. The highest BCUT2D eigenvalue weighted by molar-refractivity contribution is 5.80. The van der Waals surface area contributed by atoms with Gasteiger partial charge in [-0.3, -0.25) is 14.6 Å². The van der Waals surface area contributed by atoms with Crippen LogP contribution in [-0.4, -0.2) is 51.8 Å². The Hall–Kier alpha value is -3.69. The lowest BCUT2D eigenvalue weighted by molar-refractivity contribution is -0.137. The van der Waals surface area contributed by atoms with Gasteiger partial charge in [-0.2, -0.15) is 18.3 Å². The third kappa shape index (κ3) is 4.89. The fourth-order valence-corrected chi connectivity index (χ4v) is 3.80. The highest BCUT2D eigenvalue weighted by Crippen LogP contribution is 2.32. The molecule has 10 heteroatoms. The summed E-state index contributed by atoms with van der Waals surface area (Å²) in [6.07, 6.45) is -1.16. The summed E-state index contributed by atoms with van der Waals surface area (Å²) in [4.78, 5) is 32.9. The average molecular weight is 457 g/mol. The standard InChI is InChI=1S/C23H22F3N5O2/c1-16(31-21(32)8-7-20(28-31)17-4-3-9-27-15-17)22(33)30-12-10-29(11-13-30)19-6-2-5-18(14-19)23(24,25)26/h2-9,14-16H,10-13H2,1H3. The van der Waals surface area contributed by atoms with Crippen LogP contribution in [0.15, 0.2) is 65.7 Å². The molecule has 172 valence electrons. The number of halogens is 3. The topological polar surface area (TPSA) is 71.3 Å². The molecular weight excluding hydrogens is 435 g/mol. The zero-order valence-electron chi connectivity index (χ0n) is 17.9. The number of nitrogens with zero attached hydrogens (tertiary/aromatic N) is 5. The number of benzene rings is 1. The second kappa shape index (κ2) is 9.05. The monoisotopic (exact) mass is 457 g/mol. The predicted molar refractivity (Wildman–Crippen MR) is 117 cm³/mol. The van der Waals surface area contributed by atoms with Crippen molar-refractivity contribution in [1.82, 2.24) is 19.7 Å². The minimum Gasteiger partial charge on any atom is -0.368 e. The largest absolute Gasteiger partial charge is 0.416 e. The number of hydrogen-bond acceptors (Lipinski definition) is 5. The predicted octanol–water partition coefficient (Wildman–Crippen LogP) is 3.23. The van der Waals surface area contributed by atoms with Crippen LogP contribution >= 0.6 is 0 Å². The molecule has 1 saturated heterocycles. The zero-order valence-corrected chi connectivity index (χ0v) is 17.9. The molecule has 0 saturated carbocycles. The molecule has 0 radical (unpaired) electrons. The quantitative estimate of drug-likeness (QED) is 0.602. The molecule has 0 spiro atoms. The van der Waals surface area contributed by atoms with Crippen molar-refractivity contribution in [3.63, 3.8) is 0 Å². The van der Waals surface area contributed by atoms with Crippen LogP contribution in [0.5, 0.6) is 0 Å². The zero-order chi connectivity index (χ0) is 23.6. The van der Waals surface area contributed by atoms with Crippen molar-refractivity contribution in [3.8, 4) is 11.3 Å². The highest BCUT2D eigenvalue weighted by atomic mass is 19.4. The molecule has 33 heavy (non-hydrogen) atoms. The third-order valence-electron chi connectivity index (χ3n) is 5.64. The van der Waals surface area contributed by atoms with Crippen LogP contribution < -0.4 is 10.5 Å². The second-order valence-electron chi connectivity index (χ2n) is 7.78. The van der Waals surface area contributed by atoms with Crippen molar-refractivity contribution >= 4 is 11.6 Å². The lowest BCUT2D eigenvalue weighted by Crippen LogP contribution is -2.51. The van der Waals surface area contributed by atoms with Gasteiger partial charge in [0.05, 0.1) is 11.3 Å². The van der Waals surface area contributed by atoms with Gasteiger partial charge in [0.25, 0.3) is 5.56 Å². The van der Waals surface area contributed by atoms with Gasteiger partial charge in [0.1, 0.15) is 6.04 Å². The number of carbonyl (C=O) groups is 1. The fraction of sp³-hybridized carbons (Fsp3) is 0.304. The van der Waals surface area contributed by atoms with E-state index in [1.807, 2.05) is 11.0 Å². The summed E-state index contributed by atoms with van der Waals surface area (Å²) in [6.45, 7) is 3.05. The van der Waals surface area contributed by atoms with E-state index in [4.69, 9.17) is 0 Å². The summed E-state index contributed by atoms with van der Waals surface area (Å²) in [7, 11) is 0. The molecule has 4 rings (SSSR count). The number of amides is 1. The summed E-state index contributed by atoms with van der Waals surface area (Å²) < 4.78 is 40.2. The Bertz CT molecular complexity index is 1190. The van der Waals surface area contributed by atoms with Crippen LogP contribution in [0, 0.1) is 0 Å². The van der Waals surface area contributed by atoms with E-state index in [0.717, 1.165) is 22.4 Å². The molecule has 1 amide bonds. The van der Waals surface area contributed by atoms with E-state index >= 15 is 0 Å². The van der Waals surface area contributed by atoms with Gasteiger partial charge in [-0.15, -0.1) is 0 Å². The van der Waals surface area contributed by atoms with Gasteiger partial charge >= 0.3 is 6.18 Å². The van der Waals surface area contributed by atoms with Crippen molar-refractivity contribution in [1.29, 1.82) is 0 Å². The smallest absolute Gasteiger partial charge is 0.368 e. The SMILES string of the molecule is CC(C(=O)N1CCN(c2cccc(C(F)(F)F)c2)CC1)n1nc(-c2cccnc2)ccc1=O. The first-order chi connectivity index (χ1) is 15.7. The van der Waals surface area contributed by atoms with Crippen LogP contribution in [-0.2, 0) is 11.0 Å². The van der Waals surface area contributed by atoms with Gasteiger partial charge in [-0.1, -0.05) is 6.07 Å². The molecule has 3 heterocycles. The lowest BCUT2D eigenvalue weighted by atomic mass is 10.1. The first-order valence-corrected chi connectivity index (χ1v) is 10.5. The molecule has 1 aliphatic heterocycles. The first kappa shape index (κ1) is 22.5. The Labute approximate surface area is 188 Å². The molecule has 0 aliphatic carbocycles. The van der Waals surface area contributed by atoms with E-state index in [0.29, 0.717) is 37.6 Å². The van der Waals surface area contributed by atoms with E-state index < -0.39 is 23.3 Å². The summed E-state index contributed by atoms with van der Waals surface area (Å²) in [5, 5.41) is 4.35. The van der Waals surface area contributed by atoms with Crippen molar-refractivity contribution < 1.29 is 18.0 Å². The normalized spacial score (nSPS) is 15.4. The maximum atomic E-state index is 13.1. The Kier molecular flexibility index (Phi) is 6.17. The Morgan fingerprint density at radius 2 is 1.79 bits per heavy atom. The third-order valence-corrected chi connectivity index (χ3v) is 5.64. The molecule has 1 aliphatic rings. The van der Waals surface area contributed by atoms with Gasteiger partial charge in [0.15, 0.2) is 0 Å². The first-order valence-electron chi connectivity index (χ1n) is 10.5. The van der Waals surface area contributed by atoms with Crippen LogP contribution in [0.3, 0.4) is 0 Å². The van der Waals surface area contributed by atoms with Crippen molar-refractivity contribution in [3.05, 3.63) is 76.8 Å². The fourth-order valence-electron chi connectivity index (χ4n) is 3.80. The number of rotatable bonds is 4. The minimum atomic E-state index is -4.41. The van der Waals surface area contributed by atoms with Crippen molar-refractivity contribution in [2.75, 3.05) is 31.1 Å². The highest BCUT2D eigenvalue weighted by Gasteiger charge is 2.32. The van der Waals surface area contributed by atoms with Crippen LogP contribution in [0.2, 0.25) is 0 Å². The second-order valence-corrected chi connectivity index (χ2v) is 7.78. The van der Waals surface area contributed by atoms with Gasteiger partial charge in [-0.05, 0) is 43.3 Å². The maximum Gasteiger partial charge on any atom is 0.416 e. The molecule has 1 aromatic carbocycles. The number of aromatic nitrogens is 3. The van der Waals surface area contributed by atoms with Crippen LogP contribution in [0.25, 0.3) is 11.3 Å². The van der Waals surface area contributed by atoms with E-state index in [1.165, 1.54) is 12.1 Å². The number of carbonyl (C=O) groups excluding carboxylic acids is 1. The van der Waals surface area contributed by atoms with Gasteiger partial charge in [-0.25, -0.2) is 4.68 Å². The summed E-state index contributed by atoms with van der Waals surface area (Å²) in [5.41, 5.74) is 0.613. The van der Waals surface area contributed by atoms with E-state index in [-0.39, 0.29) is 5.91 Å². The molecule has 2 aromatic heterocycles. The van der Waals surface area contributed by atoms with E-state index in [2.05, 4.69) is 10.1 Å². The lowest BCUT2D eigenvalue weighted by Gasteiger charge is -2.37. The minimum absolute atomic E-state index is 0.267. The Morgan fingerprint density at radius 1 is 1.03 bits per heavy atom. The molecule has 1 atom stereocenters. The summed E-state index contributed by atoms with van der Waals surface area (Å²) in [5.74, 6) is -0.267. The van der Waals surface area contributed by atoms with E-state index in [9.17, 15) is 22.8 Å². The van der Waals surface area contributed by atoms with Gasteiger partial charge in [0, 0.05) is 55.9 Å². The maximum absolute atomic E-state index is 13.1.